The molecule has 0 radical (unpaired) electrons. The molecule has 0 aliphatic heterocycles. The topological polar surface area (TPSA) is 35.8 Å². The van der Waals surface area contributed by atoms with Crippen molar-refractivity contribution in [1.82, 2.24) is 0 Å². The molecule has 0 heterocycles. The molecule has 1 N–H and O–H groups in total. The van der Waals surface area contributed by atoms with Gasteiger partial charge in [0.1, 0.15) is 6.07 Å². The zero-order chi connectivity index (χ0) is 11.4. The van der Waals surface area contributed by atoms with E-state index in [1.54, 1.807) is 11.8 Å². The third-order valence-electron chi connectivity index (χ3n) is 2.90. The number of hydrogen-bond acceptors (Lipinski definition) is 3. The molecule has 1 aliphatic carbocycles. The molecule has 0 spiro atoms. The Kier molecular flexibility index (Phi) is 3.74. The first kappa shape index (κ1) is 11.3. The molecule has 1 aromatic rings. The first-order valence-electron chi connectivity index (χ1n) is 5.77. The fourth-order valence-corrected chi connectivity index (χ4v) is 2.60. The summed E-state index contributed by atoms with van der Waals surface area (Å²) in [6.45, 7) is 2.11. The van der Waals surface area contributed by atoms with Gasteiger partial charge in [0.05, 0.1) is 11.3 Å². The van der Waals surface area contributed by atoms with Gasteiger partial charge in [0.2, 0.25) is 0 Å². The fraction of sp³-hybridized carbons (Fsp3) is 0.462. The van der Waals surface area contributed by atoms with Gasteiger partial charge < -0.3 is 5.32 Å². The number of nitrogens with one attached hydrogen (secondary N) is 1. The van der Waals surface area contributed by atoms with Crippen LogP contribution in [0.1, 0.15) is 31.7 Å². The first-order valence-corrected chi connectivity index (χ1v) is 6.76. The minimum absolute atomic E-state index is 0.578. The van der Waals surface area contributed by atoms with Crippen molar-refractivity contribution in [3.8, 4) is 6.07 Å². The van der Waals surface area contributed by atoms with Gasteiger partial charge in [0.25, 0.3) is 0 Å². The second kappa shape index (κ2) is 5.27. The van der Waals surface area contributed by atoms with Crippen LogP contribution in [0.5, 0.6) is 0 Å². The van der Waals surface area contributed by atoms with Crippen LogP contribution in [-0.4, -0.2) is 11.8 Å². The van der Waals surface area contributed by atoms with Crippen molar-refractivity contribution in [2.45, 2.75) is 37.1 Å². The Morgan fingerprint density at radius 1 is 1.50 bits per heavy atom. The molecule has 2 rings (SSSR count). The lowest BCUT2D eigenvalue weighted by Gasteiger charge is -2.28. The molecule has 1 saturated carbocycles. The Bertz CT molecular complexity index is 405. The molecule has 0 atom stereocenters. The summed E-state index contributed by atoms with van der Waals surface area (Å²) >= 11 is 1.73. The maximum absolute atomic E-state index is 9.23. The smallest absolute Gasteiger partial charge is 0.102 e. The summed E-state index contributed by atoms with van der Waals surface area (Å²) in [5.74, 6) is 1.00. The molecular weight excluding hydrogens is 216 g/mol. The van der Waals surface area contributed by atoms with E-state index in [0.717, 1.165) is 21.9 Å². The van der Waals surface area contributed by atoms with E-state index in [9.17, 15) is 5.26 Å². The van der Waals surface area contributed by atoms with E-state index >= 15 is 0 Å². The quantitative estimate of drug-likeness (QED) is 0.805. The highest BCUT2D eigenvalue weighted by atomic mass is 32.2. The van der Waals surface area contributed by atoms with Gasteiger partial charge in [-0.3, -0.25) is 0 Å². The normalized spacial score (nSPS) is 15.2. The van der Waals surface area contributed by atoms with Gasteiger partial charge >= 0.3 is 0 Å². The van der Waals surface area contributed by atoms with Crippen molar-refractivity contribution in [3.05, 3.63) is 23.8 Å². The van der Waals surface area contributed by atoms with Crippen molar-refractivity contribution in [1.29, 1.82) is 5.26 Å². The minimum Gasteiger partial charge on any atom is -0.381 e. The highest BCUT2D eigenvalue weighted by Gasteiger charge is 2.18. The highest BCUT2D eigenvalue weighted by molar-refractivity contribution is 7.99. The molecular formula is C13H16N2S. The summed E-state index contributed by atoms with van der Waals surface area (Å²) in [5.41, 5.74) is 1.81. The van der Waals surface area contributed by atoms with Gasteiger partial charge in [-0.1, -0.05) is 13.0 Å². The van der Waals surface area contributed by atoms with Gasteiger partial charge in [0.15, 0.2) is 0 Å². The lowest BCUT2D eigenvalue weighted by Crippen LogP contribution is -2.27. The molecule has 0 aromatic heterocycles. The minimum atomic E-state index is 0.578. The molecule has 1 fully saturated rings. The third-order valence-corrected chi connectivity index (χ3v) is 3.84. The average Bonchev–Trinajstić information content (AvgIpc) is 2.24. The monoisotopic (exact) mass is 232 g/mol. The van der Waals surface area contributed by atoms with Gasteiger partial charge in [-0.2, -0.15) is 5.26 Å². The van der Waals surface area contributed by atoms with Crippen LogP contribution in [0.2, 0.25) is 0 Å². The number of thioether (sulfide) groups is 1. The van der Waals surface area contributed by atoms with Crippen molar-refractivity contribution < 1.29 is 0 Å². The van der Waals surface area contributed by atoms with E-state index in [2.05, 4.69) is 18.3 Å². The molecule has 0 saturated heterocycles. The summed E-state index contributed by atoms with van der Waals surface area (Å²) in [7, 11) is 0. The maximum atomic E-state index is 9.23. The standard InChI is InChI=1S/C13H16N2S/c1-2-16-13-8-4-7-12(11(13)9-14)15-10-5-3-6-10/h4,7-8,10,15H,2-3,5-6H2,1H3. The lowest BCUT2D eigenvalue weighted by atomic mass is 9.92. The van der Waals surface area contributed by atoms with Crippen LogP contribution < -0.4 is 5.32 Å². The third kappa shape index (κ3) is 2.33. The zero-order valence-electron chi connectivity index (χ0n) is 9.49. The molecule has 1 aliphatic rings. The molecule has 0 amide bonds. The number of benzene rings is 1. The largest absolute Gasteiger partial charge is 0.381 e. The second-order valence-electron chi connectivity index (χ2n) is 4.00. The average molecular weight is 232 g/mol. The van der Waals surface area contributed by atoms with Gasteiger partial charge in [0, 0.05) is 10.9 Å². The number of nitrogens with zero attached hydrogens (tertiary/aromatic N) is 1. The Morgan fingerprint density at radius 2 is 2.31 bits per heavy atom. The second-order valence-corrected chi connectivity index (χ2v) is 5.30. The predicted molar refractivity (Wildman–Crippen MR) is 68.8 cm³/mol. The van der Waals surface area contributed by atoms with Crippen LogP contribution >= 0.6 is 11.8 Å². The van der Waals surface area contributed by atoms with Gasteiger partial charge in [-0.25, -0.2) is 0 Å². The van der Waals surface area contributed by atoms with E-state index < -0.39 is 0 Å². The molecule has 2 nitrogen and oxygen atoms in total. The van der Waals surface area contributed by atoms with E-state index in [0.29, 0.717) is 6.04 Å². The number of rotatable bonds is 4. The lowest BCUT2D eigenvalue weighted by molar-refractivity contribution is 0.445. The zero-order valence-corrected chi connectivity index (χ0v) is 10.3. The Morgan fingerprint density at radius 3 is 2.88 bits per heavy atom. The van der Waals surface area contributed by atoms with Crippen LogP contribution in [0.3, 0.4) is 0 Å². The maximum Gasteiger partial charge on any atom is 0.102 e. The predicted octanol–water partition coefficient (Wildman–Crippen LogP) is 3.63. The van der Waals surface area contributed by atoms with E-state index in [1.807, 2.05) is 18.2 Å². The fourth-order valence-electron chi connectivity index (χ4n) is 1.82. The molecule has 1 aromatic carbocycles. The first-order chi connectivity index (χ1) is 7.85. The van der Waals surface area contributed by atoms with Crippen molar-refractivity contribution >= 4 is 17.4 Å². The summed E-state index contributed by atoms with van der Waals surface area (Å²) in [4.78, 5) is 1.09. The van der Waals surface area contributed by atoms with Crippen molar-refractivity contribution in [2.75, 3.05) is 11.1 Å². The van der Waals surface area contributed by atoms with Crippen LogP contribution in [0.25, 0.3) is 0 Å². The Balaban J connectivity index is 2.22. The Labute approximate surface area is 101 Å². The summed E-state index contributed by atoms with van der Waals surface area (Å²) in [5, 5.41) is 12.7. The molecule has 16 heavy (non-hydrogen) atoms. The SMILES string of the molecule is CCSc1cccc(NC2CCC2)c1C#N. The summed E-state index contributed by atoms with van der Waals surface area (Å²) in [6.07, 6.45) is 3.77. The number of anilines is 1. The van der Waals surface area contributed by atoms with E-state index in [4.69, 9.17) is 0 Å². The number of hydrogen-bond donors (Lipinski definition) is 1. The van der Waals surface area contributed by atoms with Gasteiger partial charge in [-0.05, 0) is 37.1 Å². The number of nitriles is 1. The van der Waals surface area contributed by atoms with E-state index in [-0.39, 0.29) is 0 Å². The van der Waals surface area contributed by atoms with Crippen molar-refractivity contribution in [3.63, 3.8) is 0 Å². The molecule has 84 valence electrons. The van der Waals surface area contributed by atoms with Gasteiger partial charge in [-0.15, -0.1) is 11.8 Å². The highest BCUT2D eigenvalue weighted by Crippen LogP contribution is 2.30. The summed E-state index contributed by atoms with van der Waals surface area (Å²) in [6, 6.07) is 8.96. The van der Waals surface area contributed by atoms with Crippen LogP contribution in [0.15, 0.2) is 23.1 Å². The van der Waals surface area contributed by atoms with Crippen molar-refractivity contribution in [2.24, 2.45) is 0 Å². The molecule has 3 heteroatoms. The molecule has 0 unspecified atom stereocenters. The van der Waals surface area contributed by atoms with Crippen LogP contribution in [0.4, 0.5) is 5.69 Å². The van der Waals surface area contributed by atoms with Crippen LogP contribution in [0, 0.1) is 11.3 Å². The Hall–Kier alpha value is -1.14. The molecule has 0 bridgehead atoms. The van der Waals surface area contributed by atoms with Crippen LogP contribution in [-0.2, 0) is 0 Å². The van der Waals surface area contributed by atoms with E-state index in [1.165, 1.54) is 19.3 Å². The summed E-state index contributed by atoms with van der Waals surface area (Å²) < 4.78 is 0.